The van der Waals surface area contributed by atoms with E-state index in [9.17, 15) is 10.2 Å². The second-order valence-electron chi connectivity index (χ2n) is 11.9. The molecule has 2 aliphatic heterocycles. The maximum absolute atomic E-state index is 10.9. The van der Waals surface area contributed by atoms with Crippen LogP contribution in [0.15, 0.2) is 60.5 Å². The molecule has 2 aromatic rings. The number of aromatic nitrogens is 2. The molecule has 1 aromatic carbocycles. The maximum atomic E-state index is 10.9. The minimum Gasteiger partial charge on any atom is -0.508 e. The summed E-state index contributed by atoms with van der Waals surface area (Å²) < 4.78 is 5.48. The molecule has 2 saturated heterocycles. The molecule has 0 unspecified atom stereocenters. The Balaban J connectivity index is 0.00000197. The first-order valence-corrected chi connectivity index (χ1v) is 17.3. The SMILES string of the molecule is C=Cc1cnc(N2CCC(CCC(/C(/C=C\CCN3CCOCC3)=C/C)=C(\ON)c3cc(C(C)C)c(O)cc3O)CC2)nc1.C=O.CN.CN. The van der Waals surface area contributed by atoms with E-state index < -0.39 is 0 Å². The number of anilines is 1. The summed E-state index contributed by atoms with van der Waals surface area (Å²) >= 11 is 0. The lowest BCUT2D eigenvalue weighted by molar-refractivity contribution is -0.0980. The van der Waals surface area contributed by atoms with Crippen molar-refractivity contribution in [3.05, 3.63) is 77.2 Å². The summed E-state index contributed by atoms with van der Waals surface area (Å²) in [5.41, 5.74) is 13.1. The molecule has 4 rings (SSSR count). The predicted molar refractivity (Wildman–Crippen MR) is 204 cm³/mol. The Hall–Kier alpha value is -4.07. The number of piperidine rings is 1. The van der Waals surface area contributed by atoms with Crippen molar-refractivity contribution >= 4 is 24.6 Å². The molecule has 2 aliphatic rings. The van der Waals surface area contributed by atoms with Crippen molar-refractivity contribution < 1.29 is 24.6 Å². The molecule has 0 saturated carbocycles. The van der Waals surface area contributed by atoms with Gasteiger partial charge in [0.25, 0.3) is 0 Å². The van der Waals surface area contributed by atoms with Gasteiger partial charge in [-0.2, -0.15) is 5.90 Å². The molecule has 0 amide bonds. The van der Waals surface area contributed by atoms with Gasteiger partial charge in [-0.15, -0.1) is 0 Å². The first-order chi connectivity index (χ1) is 24.3. The Morgan fingerprint density at radius 1 is 1.04 bits per heavy atom. The highest BCUT2D eigenvalue weighted by molar-refractivity contribution is 5.74. The highest BCUT2D eigenvalue weighted by atomic mass is 16.6. The van der Waals surface area contributed by atoms with Crippen molar-refractivity contribution in [2.75, 3.05) is 64.9 Å². The Kier molecular flexibility index (Phi) is 21.9. The van der Waals surface area contributed by atoms with E-state index in [0.717, 1.165) is 106 Å². The number of nitrogens with two attached hydrogens (primary N) is 3. The first-order valence-electron chi connectivity index (χ1n) is 17.3. The number of carbonyl (C=O) groups is 1. The number of phenolic OH excluding ortho intramolecular Hbond substituents is 2. The third kappa shape index (κ3) is 13.3. The number of morpholine rings is 1. The van der Waals surface area contributed by atoms with Crippen LogP contribution < -0.4 is 22.3 Å². The van der Waals surface area contributed by atoms with Gasteiger partial charge in [-0.1, -0.05) is 44.7 Å². The number of carbonyl (C=O) groups excluding carboxylic acids is 1. The number of ether oxygens (including phenoxy) is 1. The van der Waals surface area contributed by atoms with Crippen molar-refractivity contribution in [2.45, 2.75) is 58.8 Å². The number of aromatic hydroxyl groups is 2. The van der Waals surface area contributed by atoms with Gasteiger partial charge < -0.3 is 40.9 Å². The third-order valence-electron chi connectivity index (χ3n) is 8.67. The van der Waals surface area contributed by atoms with Crippen molar-refractivity contribution in [3.63, 3.8) is 0 Å². The molecule has 12 nitrogen and oxygen atoms in total. The Morgan fingerprint density at radius 3 is 2.20 bits per heavy atom. The van der Waals surface area contributed by atoms with Gasteiger partial charge in [0.05, 0.1) is 18.8 Å². The predicted octanol–water partition coefficient (Wildman–Crippen LogP) is 5.14. The summed E-state index contributed by atoms with van der Waals surface area (Å²) in [6.07, 6.45) is 16.4. The third-order valence-corrected chi connectivity index (χ3v) is 8.67. The lowest BCUT2D eigenvalue weighted by atomic mass is 9.87. The molecule has 12 heteroatoms. The van der Waals surface area contributed by atoms with E-state index in [0.29, 0.717) is 17.2 Å². The second-order valence-corrected chi connectivity index (χ2v) is 11.9. The van der Waals surface area contributed by atoms with E-state index in [1.54, 1.807) is 12.1 Å². The molecular formula is C38H61N7O5. The normalized spacial score (nSPS) is 15.9. The highest BCUT2D eigenvalue weighted by Crippen LogP contribution is 2.39. The van der Waals surface area contributed by atoms with Crippen LogP contribution >= 0.6 is 0 Å². The van der Waals surface area contributed by atoms with Crippen LogP contribution in [0.3, 0.4) is 0 Å². The van der Waals surface area contributed by atoms with Crippen LogP contribution in [0.4, 0.5) is 5.95 Å². The molecule has 0 bridgehead atoms. The van der Waals surface area contributed by atoms with Crippen LogP contribution in [-0.2, 0) is 14.4 Å². The van der Waals surface area contributed by atoms with Crippen molar-refractivity contribution in [2.24, 2.45) is 23.3 Å². The fourth-order valence-corrected chi connectivity index (χ4v) is 5.96. The maximum Gasteiger partial charge on any atom is 0.225 e. The zero-order chi connectivity index (χ0) is 37.5. The van der Waals surface area contributed by atoms with Gasteiger partial charge in [-0.05, 0) is 82.2 Å². The van der Waals surface area contributed by atoms with Crippen LogP contribution in [0.1, 0.15) is 75.5 Å². The number of allylic oxidation sites excluding steroid dienone is 4. The summed E-state index contributed by atoms with van der Waals surface area (Å²) in [5, 5.41) is 21.4. The van der Waals surface area contributed by atoms with Crippen molar-refractivity contribution in [1.82, 2.24) is 14.9 Å². The molecule has 0 spiro atoms. The van der Waals surface area contributed by atoms with Gasteiger partial charge >= 0.3 is 0 Å². The Morgan fingerprint density at radius 2 is 1.66 bits per heavy atom. The monoisotopic (exact) mass is 695 g/mol. The van der Waals surface area contributed by atoms with Crippen molar-refractivity contribution in [1.29, 1.82) is 0 Å². The molecule has 0 radical (unpaired) electrons. The van der Waals surface area contributed by atoms with E-state index in [4.69, 9.17) is 20.3 Å². The number of hydrogen-bond acceptors (Lipinski definition) is 12. The van der Waals surface area contributed by atoms with E-state index in [1.807, 2.05) is 40.0 Å². The van der Waals surface area contributed by atoms with Crippen molar-refractivity contribution in [3.8, 4) is 11.5 Å². The molecule has 0 atom stereocenters. The summed E-state index contributed by atoms with van der Waals surface area (Å²) in [5.74, 6) is 7.72. The lowest BCUT2D eigenvalue weighted by Gasteiger charge is -2.32. The molecular weight excluding hydrogens is 634 g/mol. The van der Waals surface area contributed by atoms with Gasteiger partial charge in [-0.25, -0.2) is 9.97 Å². The van der Waals surface area contributed by atoms with Gasteiger partial charge in [-0.3, -0.25) is 4.90 Å². The van der Waals surface area contributed by atoms with Crippen LogP contribution in [0.25, 0.3) is 11.8 Å². The van der Waals surface area contributed by atoms with Gasteiger partial charge in [0, 0.05) is 62.3 Å². The molecule has 8 N–H and O–H groups in total. The summed E-state index contributed by atoms with van der Waals surface area (Å²) in [4.78, 5) is 27.3. The summed E-state index contributed by atoms with van der Waals surface area (Å²) in [7, 11) is 3.00. The molecule has 1 aromatic heterocycles. The lowest BCUT2D eigenvalue weighted by Crippen LogP contribution is -2.36. The standard InChI is InChI=1S/C35H49N5O4.2CH5N.CH2O/c1-5-26-23-37-35(38-24-26)40-15-12-27(13-16-40)10-11-29(28(6-2)9-7-8-14-39-17-19-43-20-18-39)34(44-36)31-21-30(25(3)4)32(41)22-33(31)42;3*1-2/h5-7,9,21-25,27,41-42H,1,8,10-20,36H2,2-4H3;2*2H2,1H3;1H2/b9-7-,28-6+,34-29+;;;. The average molecular weight is 696 g/mol. The first kappa shape index (κ1) is 44.0. The minimum atomic E-state index is -0.0626. The van der Waals surface area contributed by atoms with Gasteiger partial charge in [0.15, 0.2) is 5.76 Å². The smallest absolute Gasteiger partial charge is 0.225 e. The number of benzene rings is 1. The van der Waals surface area contributed by atoms with Crippen LogP contribution in [-0.4, -0.2) is 91.9 Å². The minimum absolute atomic E-state index is 0.0558. The van der Waals surface area contributed by atoms with Crippen LogP contribution in [0.2, 0.25) is 0 Å². The fourth-order valence-electron chi connectivity index (χ4n) is 5.96. The van der Waals surface area contributed by atoms with Crippen LogP contribution in [0, 0.1) is 5.92 Å². The molecule has 2 fully saturated rings. The number of nitrogens with zero attached hydrogens (tertiary/aromatic N) is 4. The Labute approximate surface area is 299 Å². The molecule has 0 aliphatic carbocycles. The summed E-state index contributed by atoms with van der Waals surface area (Å²) in [6, 6.07) is 3.18. The van der Waals surface area contributed by atoms with Crippen LogP contribution in [0.5, 0.6) is 11.5 Å². The highest BCUT2D eigenvalue weighted by Gasteiger charge is 2.24. The second kappa shape index (κ2) is 25.0. The van der Waals surface area contributed by atoms with E-state index in [2.05, 4.69) is 56.0 Å². The molecule has 3 heterocycles. The fraction of sp³-hybridized carbons (Fsp3) is 0.500. The number of rotatable bonds is 13. The topological polar surface area (TPSA) is 186 Å². The number of phenols is 2. The largest absolute Gasteiger partial charge is 0.508 e. The summed E-state index contributed by atoms with van der Waals surface area (Å²) in [6.45, 7) is 18.1. The Bertz CT molecular complexity index is 1350. The zero-order valence-electron chi connectivity index (χ0n) is 30.8. The van der Waals surface area contributed by atoms with Gasteiger partial charge in [0.1, 0.15) is 18.3 Å². The molecule has 50 heavy (non-hydrogen) atoms. The quantitative estimate of drug-likeness (QED) is 0.106. The molecule has 278 valence electrons. The van der Waals surface area contributed by atoms with E-state index in [-0.39, 0.29) is 17.4 Å². The average Bonchev–Trinajstić information content (AvgIpc) is 3.17. The van der Waals surface area contributed by atoms with Gasteiger partial charge in [0.2, 0.25) is 5.95 Å². The number of hydrogen-bond donors (Lipinski definition) is 5. The van der Waals surface area contributed by atoms with E-state index in [1.165, 1.54) is 20.2 Å². The zero-order valence-corrected chi connectivity index (χ0v) is 30.8. The van der Waals surface area contributed by atoms with E-state index >= 15 is 0 Å².